The number of nitrogens with two attached hydrogens (primary N) is 1. The first-order valence-corrected chi connectivity index (χ1v) is 6.97. The molecule has 1 aromatic heterocycles. The Hall–Kier alpha value is -2.62. The van der Waals surface area contributed by atoms with E-state index in [9.17, 15) is 0 Å². The molecule has 106 valence electrons. The van der Waals surface area contributed by atoms with E-state index in [-0.39, 0.29) is 0 Å². The number of anilines is 1. The van der Waals surface area contributed by atoms with Crippen LogP contribution in [-0.2, 0) is 6.42 Å². The number of rotatable bonds is 3. The van der Waals surface area contributed by atoms with E-state index >= 15 is 0 Å². The van der Waals surface area contributed by atoms with Gasteiger partial charge in [-0.05, 0) is 36.6 Å². The van der Waals surface area contributed by atoms with Gasteiger partial charge in [0.25, 0.3) is 5.89 Å². The Morgan fingerprint density at radius 3 is 2.57 bits per heavy atom. The molecule has 0 bridgehead atoms. The average Bonchev–Trinajstić information content (AvgIpc) is 2.99. The van der Waals surface area contributed by atoms with Crippen LogP contribution in [0.1, 0.15) is 18.1 Å². The fraction of sp³-hybridized carbons (Fsp3) is 0.176. The quantitative estimate of drug-likeness (QED) is 0.739. The van der Waals surface area contributed by atoms with Gasteiger partial charge in [0.05, 0.1) is 0 Å². The predicted molar refractivity (Wildman–Crippen MR) is 83.7 cm³/mol. The molecule has 0 unspecified atom stereocenters. The first-order valence-electron chi connectivity index (χ1n) is 6.97. The fourth-order valence-electron chi connectivity index (χ4n) is 2.21. The van der Waals surface area contributed by atoms with Gasteiger partial charge >= 0.3 is 0 Å². The molecule has 21 heavy (non-hydrogen) atoms. The van der Waals surface area contributed by atoms with Gasteiger partial charge in [-0.2, -0.15) is 4.98 Å². The topological polar surface area (TPSA) is 64.9 Å². The summed E-state index contributed by atoms with van der Waals surface area (Å²) in [6.07, 6.45) is 1.01. The molecular weight excluding hydrogens is 262 g/mol. The van der Waals surface area contributed by atoms with Crippen molar-refractivity contribution < 1.29 is 4.52 Å². The van der Waals surface area contributed by atoms with Crippen molar-refractivity contribution in [2.45, 2.75) is 20.3 Å². The van der Waals surface area contributed by atoms with E-state index in [1.54, 1.807) is 0 Å². The van der Waals surface area contributed by atoms with Crippen LogP contribution in [0.25, 0.3) is 22.8 Å². The normalized spacial score (nSPS) is 10.8. The van der Waals surface area contributed by atoms with Gasteiger partial charge in [-0.25, -0.2) is 0 Å². The Kier molecular flexibility index (Phi) is 3.44. The first kappa shape index (κ1) is 13.4. The van der Waals surface area contributed by atoms with Crippen LogP contribution in [0.3, 0.4) is 0 Å². The van der Waals surface area contributed by atoms with E-state index in [0.29, 0.717) is 17.4 Å². The van der Waals surface area contributed by atoms with E-state index in [0.717, 1.165) is 23.1 Å². The van der Waals surface area contributed by atoms with Crippen molar-refractivity contribution in [1.82, 2.24) is 10.1 Å². The summed E-state index contributed by atoms with van der Waals surface area (Å²) in [6, 6.07) is 13.9. The monoisotopic (exact) mass is 279 g/mol. The number of aromatic nitrogens is 2. The van der Waals surface area contributed by atoms with Gasteiger partial charge in [-0.15, -0.1) is 0 Å². The minimum Gasteiger partial charge on any atom is -0.399 e. The van der Waals surface area contributed by atoms with Gasteiger partial charge in [-0.1, -0.05) is 42.4 Å². The minimum absolute atomic E-state index is 0.495. The van der Waals surface area contributed by atoms with E-state index in [4.69, 9.17) is 10.3 Å². The lowest BCUT2D eigenvalue weighted by atomic mass is 10.1. The molecule has 0 atom stereocenters. The standard InChI is InChI=1S/C17H17N3O/c1-3-12-5-7-13(8-6-12)16-19-17(21-20-16)15-10-14(18)9-4-11(15)2/h4-10H,3,18H2,1-2H3. The molecule has 0 radical (unpaired) electrons. The van der Waals surface area contributed by atoms with E-state index in [2.05, 4.69) is 29.2 Å². The summed E-state index contributed by atoms with van der Waals surface area (Å²) in [4.78, 5) is 4.47. The Morgan fingerprint density at radius 2 is 1.86 bits per heavy atom. The van der Waals surface area contributed by atoms with Crippen molar-refractivity contribution in [3.8, 4) is 22.8 Å². The van der Waals surface area contributed by atoms with Crippen molar-refractivity contribution in [3.63, 3.8) is 0 Å². The third kappa shape index (κ3) is 2.65. The van der Waals surface area contributed by atoms with Crippen molar-refractivity contribution in [2.75, 3.05) is 5.73 Å². The van der Waals surface area contributed by atoms with Crippen molar-refractivity contribution >= 4 is 5.69 Å². The lowest BCUT2D eigenvalue weighted by Gasteiger charge is -2.01. The van der Waals surface area contributed by atoms with Gasteiger partial charge in [0.2, 0.25) is 5.82 Å². The summed E-state index contributed by atoms with van der Waals surface area (Å²) in [5.74, 6) is 1.09. The van der Waals surface area contributed by atoms with Gasteiger partial charge in [0.15, 0.2) is 0 Å². The number of hydrogen-bond acceptors (Lipinski definition) is 4. The molecule has 0 aliphatic heterocycles. The second kappa shape index (κ2) is 5.40. The van der Waals surface area contributed by atoms with Gasteiger partial charge in [0.1, 0.15) is 0 Å². The molecule has 0 saturated heterocycles. The predicted octanol–water partition coefficient (Wildman–Crippen LogP) is 3.86. The van der Waals surface area contributed by atoms with Crippen molar-refractivity contribution in [3.05, 3.63) is 53.6 Å². The maximum Gasteiger partial charge on any atom is 0.258 e. The van der Waals surface area contributed by atoms with Crippen LogP contribution < -0.4 is 5.73 Å². The molecule has 0 amide bonds. The molecule has 2 N–H and O–H groups in total. The highest BCUT2D eigenvalue weighted by atomic mass is 16.5. The van der Waals surface area contributed by atoms with Crippen molar-refractivity contribution in [1.29, 1.82) is 0 Å². The molecule has 2 aromatic carbocycles. The summed E-state index contributed by atoms with van der Waals surface area (Å²) < 4.78 is 5.38. The SMILES string of the molecule is CCc1ccc(-c2noc(-c3cc(N)ccc3C)n2)cc1. The highest BCUT2D eigenvalue weighted by molar-refractivity contribution is 5.66. The van der Waals surface area contributed by atoms with E-state index < -0.39 is 0 Å². The zero-order valence-electron chi connectivity index (χ0n) is 12.1. The highest BCUT2D eigenvalue weighted by Gasteiger charge is 2.12. The number of benzene rings is 2. The summed E-state index contributed by atoms with van der Waals surface area (Å²) >= 11 is 0. The van der Waals surface area contributed by atoms with Crippen LogP contribution in [0.2, 0.25) is 0 Å². The van der Waals surface area contributed by atoms with Gasteiger partial charge in [0, 0.05) is 16.8 Å². The van der Waals surface area contributed by atoms with Crippen LogP contribution in [-0.4, -0.2) is 10.1 Å². The Balaban J connectivity index is 1.97. The Labute approximate surface area is 123 Å². The minimum atomic E-state index is 0.495. The smallest absolute Gasteiger partial charge is 0.258 e. The molecule has 3 aromatic rings. The molecule has 4 heteroatoms. The number of aryl methyl sites for hydroxylation is 2. The molecule has 0 spiro atoms. The zero-order chi connectivity index (χ0) is 14.8. The lowest BCUT2D eigenvalue weighted by Crippen LogP contribution is -1.89. The molecule has 0 aliphatic rings. The van der Waals surface area contributed by atoms with E-state index in [1.807, 2.05) is 37.3 Å². The molecule has 0 aliphatic carbocycles. The largest absolute Gasteiger partial charge is 0.399 e. The van der Waals surface area contributed by atoms with E-state index in [1.165, 1.54) is 5.56 Å². The van der Waals surface area contributed by atoms with Gasteiger partial charge in [-0.3, -0.25) is 0 Å². The zero-order valence-corrected chi connectivity index (χ0v) is 12.1. The summed E-state index contributed by atoms with van der Waals surface area (Å²) in [7, 11) is 0. The maximum absolute atomic E-state index is 5.82. The van der Waals surface area contributed by atoms with Gasteiger partial charge < -0.3 is 10.3 Å². The third-order valence-corrected chi connectivity index (χ3v) is 3.54. The second-order valence-electron chi connectivity index (χ2n) is 5.05. The molecule has 1 heterocycles. The molecular formula is C17H17N3O. The van der Waals surface area contributed by atoms with Crippen LogP contribution in [0.5, 0.6) is 0 Å². The van der Waals surface area contributed by atoms with Crippen molar-refractivity contribution in [2.24, 2.45) is 0 Å². The Bertz CT molecular complexity index is 760. The molecule has 0 saturated carbocycles. The third-order valence-electron chi connectivity index (χ3n) is 3.54. The second-order valence-corrected chi connectivity index (χ2v) is 5.05. The first-order chi connectivity index (χ1) is 10.2. The Morgan fingerprint density at radius 1 is 1.10 bits per heavy atom. The lowest BCUT2D eigenvalue weighted by molar-refractivity contribution is 0.432. The van der Waals surface area contributed by atoms with Crippen LogP contribution in [0, 0.1) is 6.92 Å². The molecule has 4 nitrogen and oxygen atoms in total. The number of nitrogen functional groups attached to an aromatic ring is 1. The van der Waals surface area contributed by atoms with Crippen LogP contribution >= 0.6 is 0 Å². The molecule has 0 fully saturated rings. The van der Waals surface area contributed by atoms with Crippen LogP contribution in [0.4, 0.5) is 5.69 Å². The fourth-order valence-corrected chi connectivity index (χ4v) is 2.21. The highest BCUT2D eigenvalue weighted by Crippen LogP contribution is 2.26. The average molecular weight is 279 g/mol. The van der Waals surface area contributed by atoms with Crippen LogP contribution in [0.15, 0.2) is 47.0 Å². The summed E-state index contributed by atoms with van der Waals surface area (Å²) in [5, 5.41) is 4.06. The molecule has 3 rings (SSSR count). The number of nitrogens with zero attached hydrogens (tertiary/aromatic N) is 2. The summed E-state index contributed by atoms with van der Waals surface area (Å²) in [5.41, 5.74) is 10.7. The maximum atomic E-state index is 5.82. The summed E-state index contributed by atoms with van der Waals surface area (Å²) in [6.45, 7) is 4.12. The number of hydrogen-bond donors (Lipinski definition) is 1.